The van der Waals surface area contributed by atoms with Crippen molar-refractivity contribution in [3.63, 3.8) is 0 Å². The average Bonchev–Trinajstić information content (AvgIpc) is 2.88. The van der Waals surface area contributed by atoms with E-state index in [4.69, 9.17) is 9.97 Å². The molecule has 172 valence electrons. The molecule has 1 saturated heterocycles. The number of amides is 1. The summed E-state index contributed by atoms with van der Waals surface area (Å²) in [7, 11) is 0. The van der Waals surface area contributed by atoms with Crippen molar-refractivity contribution in [2.75, 3.05) is 31.1 Å². The van der Waals surface area contributed by atoms with Gasteiger partial charge in [0.05, 0.1) is 0 Å². The van der Waals surface area contributed by atoms with Crippen LogP contribution < -0.4 is 4.90 Å². The van der Waals surface area contributed by atoms with Gasteiger partial charge in [0.1, 0.15) is 5.82 Å². The van der Waals surface area contributed by atoms with Crippen LogP contribution in [0.3, 0.4) is 0 Å². The van der Waals surface area contributed by atoms with Crippen molar-refractivity contribution < 1.29 is 4.79 Å². The first-order chi connectivity index (χ1) is 16.5. The van der Waals surface area contributed by atoms with E-state index in [9.17, 15) is 4.79 Å². The molecule has 0 saturated carbocycles. The Morgan fingerprint density at radius 2 is 1.50 bits per heavy atom. The number of piperazine rings is 1. The zero-order valence-electron chi connectivity index (χ0n) is 20.0. The molecule has 0 N–H and O–H groups in total. The fourth-order valence-electron chi connectivity index (χ4n) is 4.83. The second kappa shape index (κ2) is 9.26. The lowest BCUT2D eigenvalue weighted by Crippen LogP contribution is -2.49. The molecule has 1 aliphatic heterocycles. The Balaban J connectivity index is 1.38. The first kappa shape index (κ1) is 22.1. The highest BCUT2D eigenvalue weighted by Crippen LogP contribution is 2.31. The molecule has 4 aromatic rings. The lowest BCUT2D eigenvalue weighted by atomic mass is 10.0. The van der Waals surface area contributed by atoms with E-state index in [-0.39, 0.29) is 5.91 Å². The predicted molar refractivity (Wildman–Crippen MR) is 138 cm³/mol. The van der Waals surface area contributed by atoms with Gasteiger partial charge >= 0.3 is 0 Å². The van der Waals surface area contributed by atoms with Gasteiger partial charge in [-0.15, -0.1) is 0 Å². The molecule has 0 bridgehead atoms. The maximum Gasteiger partial charge on any atom is 0.253 e. The summed E-state index contributed by atoms with van der Waals surface area (Å²) in [5, 5.41) is 2.25. The number of rotatable bonds is 4. The molecule has 1 amide bonds. The number of aryl methyl sites for hydroxylation is 1. The van der Waals surface area contributed by atoms with Crippen LogP contribution in [0.4, 0.5) is 5.82 Å². The summed E-state index contributed by atoms with van der Waals surface area (Å²) >= 11 is 0. The first-order valence-corrected chi connectivity index (χ1v) is 12.0. The highest BCUT2D eigenvalue weighted by molar-refractivity contribution is 5.98. The lowest BCUT2D eigenvalue weighted by molar-refractivity contribution is 0.0746. The van der Waals surface area contributed by atoms with Crippen LogP contribution in [-0.4, -0.2) is 47.0 Å². The number of hydrogen-bond acceptors (Lipinski definition) is 4. The number of carbonyl (C=O) groups is 1. The summed E-state index contributed by atoms with van der Waals surface area (Å²) in [5.41, 5.74) is 3.98. The third kappa shape index (κ3) is 4.26. The van der Waals surface area contributed by atoms with Crippen LogP contribution in [0.5, 0.6) is 0 Å². The van der Waals surface area contributed by atoms with Gasteiger partial charge in [0, 0.05) is 48.6 Å². The molecule has 1 aromatic heterocycles. The molecule has 1 aliphatic rings. The maximum absolute atomic E-state index is 13.2. The number of nitrogens with zero attached hydrogens (tertiary/aromatic N) is 4. The van der Waals surface area contributed by atoms with Crippen molar-refractivity contribution in [2.45, 2.75) is 26.7 Å². The monoisotopic (exact) mass is 450 g/mol. The maximum atomic E-state index is 13.2. The van der Waals surface area contributed by atoms with Crippen molar-refractivity contribution in [1.82, 2.24) is 14.9 Å². The summed E-state index contributed by atoms with van der Waals surface area (Å²) in [6.45, 7) is 9.31. The van der Waals surface area contributed by atoms with Gasteiger partial charge in [0.2, 0.25) is 0 Å². The van der Waals surface area contributed by atoms with Crippen molar-refractivity contribution >= 4 is 22.5 Å². The average molecular weight is 451 g/mol. The molecule has 0 spiro atoms. The second-order valence-electron chi connectivity index (χ2n) is 9.23. The third-order valence-corrected chi connectivity index (χ3v) is 6.59. The van der Waals surface area contributed by atoms with Crippen molar-refractivity contribution in [3.05, 3.63) is 89.6 Å². The molecule has 0 aliphatic carbocycles. The highest BCUT2D eigenvalue weighted by atomic mass is 16.2. The van der Waals surface area contributed by atoms with E-state index in [1.54, 1.807) is 0 Å². The van der Waals surface area contributed by atoms with E-state index < -0.39 is 0 Å². The lowest BCUT2D eigenvalue weighted by Gasteiger charge is -2.37. The molecule has 0 atom stereocenters. The zero-order chi connectivity index (χ0) is 23.7. The van der Waals surface area contributed by atoms with Crippen LogP contribution in [0.15, 0.2) is 72.8 Å². The number of hydrogen-bond donors (Lipinski definition) is 0. The van der Waals surface area contributed by atoms with E-state index in [2.05, 4.69) is 37.8 Å². The summed E-state index contributed by atoms with van der Waals surface area (Å²) < 4.78 is 0. The quantitative estimate of drug-likeness (QED) is 0.401. The van der Waals surface area contributed by atoms with Crippen molar-refractivity contribution in [1.29, 1.82) is 0 Å². The molecule has 5 nitrogen and oxygen atoms in total. The van der Waals surface area contributed by atoms with Crippen LogP contribution in [0.1, 0.15) is 41.4 Å². The molecule has 3 aromatic carbocycles. The van der Waals surface area contributed by atoms with Gasteiger partial charge < -0.3 is 9.80 Å². The van der Waals surface area contributed by atoms with Gasteiger partial charge in [-0.1, -0.05) is 74.5 Å². The minimum Gasteiger partial charge on any atom is -0.353 e. The number of anilines is 1. The van der Waals surface area contributed by atoms with E-state index in [0.717, 1.165) is 52.3 Å². The third-order valence-electron chi connectivity index (χ3n) is 6.59. The second-order valence-corrected chi connectivity index (χ2v) is 9.23. The van der Waals surface area contributed by atoms with E-state index in [0.29, 0.717) is 19.0 Å². The van der Waals surface area contributed by atoms with E-state index in [1.807, 2.05) is 65.6 Å². The molecule has 5 rings (SSSR count). The smallest absolute Gasteiger partial charge is 0.253 e. The molecule has 5 heteroatoms. The van der Waals surface area contributed by atoms with Gasteiger partial charge in [0.15, 0.2) is 5.82 Å². The molecular formula is C29H30N4O. The fraction of sp³-hybridized carbons (Fsp3) is 0.276. The number of fused-ring (bicyclic) bond motifs is 1. The summed E-state index contributed by atoms with van der Waals surface area (Å²) in [6, 6.07) is 24.3. The Hall–Kier alpha value is -3.73. The predicted octanol–water partition coefficient (Wildman–Crippen LogP) is 5.69. The van der Waals surface area contributed by atoms with Crippen molar-refractivity contribution in [2.24, 2.45) is 0 Å². The standard InChI is InChI=1S/C29H30N4O/c1-20(2)26-21(3)30-27(23-10-5-4-6-11-23)31-28(26)32-15-17-33(18-16-32)29(34)25-14-13-22-9-7-8-12-24(22)19-25/h4-14,19-20H,15-18H2,1-3H3. The molecule has 0 unspecified atom stereocenters. The number of aromatic nitrogens is 2. The van der Waals surface area contributed by atoms with Crippen molar-refractivity contribution in [3.8, 4) is 11.4 Å². The fourth-order valence-corrected chi connectivity index (χ4v) is 4.83. The summed E-state index contributed by atoms with van der Waals surface area (Å²) in [4.78, 5) is 27.4. The van der Waals surface area contributed by atoms with Crippen LogP contribution in [0.25, 0.3) is 22.2 Å². The summed E-state index contributed by atoms with van der Waals surface area (Å²) in [5.74, 6) is 2.17. The number of carbonyl (C=O) groups excluding carboxylic acids is 1. The Kier molecular flexibility index (Phi) is 6.01. The minimum atomic E-state index is 0.0957. The Labute approximate surface area is 201 Å². The zero-order valence-corrected chi connectivity index (χ0v) is 20.0. The molecular weight excluding hydrogens is 420 g/mol. The van der Waals surface area contributed by atoms with Gasteiger partial charge in [0.25, 0.3) is 5.91 Å². The molecule has 34 heavy (non-hydrogen) atoms. The Morgan fingerprint density at radius 1 is 0.824 bits per heavy atom. The van der Waals surface area contributed by atoms with Gasteiger partial charge in [-0.05, 0) is 35.7 Å². The van der Waals surface area contributed by atoms with E-state index in [1.165, 1.54) is 5.56 Å². The first-order valence-electron chi connectivity index (χ1n) is 12.0. The van der Waals surface area contributed by atoms with Crippen LogP contribution in [0.2, 0.25) is 0 Å². The van der Waals surface area contributed by atoms with Crippen LogP contribution in [0, 0.1) is 6.92 Å². The van der Waals surface area contributed by atoms with Gasteiger partial charge in [-0.2, -0.15) is 0 Å². The minimum absolute atomic E-state index is 0.0957. The Morgan fingerprint density at radius 3 is 2.21 bits per heavy atom. The summed E-state index contributed by atoms with van der Waals surface area (Å²) in [6.07, 6.45) is 0. The van der Waals surface area contributed by atoms with Crippen LogP contribution >= 0.6 is 0 Å². The molecule has 0 radical (unpaired) electrons. The molecule has 1 fully saturated rings. The van der Waals surface area contributed by atoms with Gasteiger partial charge in [-0.3, -0.25) is 4.79 Å². The van der Waals surface area contributed by atoms with E-state index >= 15 is 0 Å². The van der Waals surface area contributed by atoms with Crippen LogP contribution in [-0.2, 0) is 0 Å². The SMILES string of the molecule is Cc1nc(-c2ccccc2)nc(N2CCN(C(=O)c3ccc4ccccc4c3)CC2)c1C(C)C. The normalized spacial score (nSPS) is 14.1. The van der Waals surface area contributed by atoms with Gasteiger partial charge in [-0.25, -0.2) is 9.97 Å². The topological polar surface area (TPSA) is 49.3 Å². The number of benzene rings is 3. The molecule has 2 heterocycles. The highest BCUT2D eigenvalue weighted by Gasteiger charge is 2.26. The largest absolute Gasteiger partial charge is 0.353 e. The Bertz CT molecular complexity index is 1320.